The number of benzene rings is 1. The number of hydrogen-bond acceptors (Lipinski definition) is 5. The van der Waals surface area contributed by atoms with Gasteiger partial charge < -0.3 is 9.47 Å². The van der Waals surface area contributed by atoms with Crippen LogP contribution < -0.4 is 4.74 Å². The molecule has 0 N–H and O–H groups in total. The van der Waals surface area contributed by atoms with Crippen LogP contribution in [-0.2, 0) is 17.1 Å². The van der Waals surface area contributed by atoms with Crippen LogP contribution in [0.3, 0.4) is 0 Å². The standard InChI is InChI=1S/C34H45F2N3O2/c1-3-5-7-9-10-14-26-16-18-27(19-17-26)28-24-37-33(38-25-28)29-20-21-30-32(39-29)34(35,36)31(41-30)15-11-13-23-40-22-12-8-6-4-2/h16-21,24-25,31H,3-15,22-23H2,1-2H3. The van der Waals surface area contributed by atoms with Gasteiger partial charge in [-0.1, -0.05) is 83.1 Å². The Hall–Kier alpha value is -2.93. The largest absolute Gasteiger partial charge is 0.482 e. The third-order valence-corrected chi connectivity index (χ3v) is 7.73. The van der Waals surface area contributed by atoms with Gasteiger partial charge in [-0.05, 0) is 61.8 Å². The number of unbranched alkanes of at least 4 members (excludes halogenated alkanes) is 8. The second-order valence-electron chi connectivity index (χ2n) is 11.1. The number of pyridine rings is 1. The second-order valence-corrected chi connectivity index (χ2v) is 11.1. The zero-order valence-corrected chi connectivity index (χ0v) is 24.7. The molecular weight excluding hydrogens is 520 g/mol. The first-order valence-electron chi connectivity index (χ1n) is 15.6. The van der Waals surface area contributed by atoms with Gasteiger partial charge in [0.1, 0.15) is 11.4 Å². The van der Waals surface area contributed by atoms with Gasteiger partial charge in [-0.25, -0.2) is 15.0 Å². The first-order valence-corrected chi connectivity index (χ1v) is 15.6. The van der Waals surface area contributed by atoms with Gasteiger partial charge in [-0.2, -0.15) is 8.78 Å². The van der Waals surface area contributed by atoms with E-state index in [1.165, 1.54) is 56.9 Å². The number of aryl methyl sites for hydroxylation is 1. The van der Waals surface area contributed by atoms with E-state index in [1.54, 1.807) is 24.5 Å². The van der Waals surface area contributed by atoms with E-state index in [-0.39, 0.29) is 17.9 Å². The van der Waals surface area contributed by atoms with Crippen LogP contribution in [0, 0.1) is 0 Å². The van der Waals surface area contributed by atoms with Gasteiger partial charge in [-0.3, -0.25) is 0 Å². The Bertz CT molecular complexity index is 1190. The summed E-state index contributed by atoms with van der Waals surface area (Å²) in [6, 6.07) is 11.7. The van der Waals surface area contributed by atoms with Gasteiger partial charge in [-0.15, -0.1) is 0 Å². The molecule has 1 aliphatic rings. The normalized spacial score (nSPS) is 15.6. The zero-order valence-electron chi connectivity index (χ0n) is 24.7. The second kappa shape index (κ2) is 15.9. The van der Waals surface area contributed by atoms with Crippen molar-refractivity contribution >= 4 is 0 Å². The molecule has 0 fully saturated rings. The molecule has 0 saturated carbocycles. The van der Waals surface area contributed by atoms with Crippen LogP contribution in [0.4, 0.5) is 8.78 Å². The third-order valence-electron chi connectivity index (χ3n) is 7.73. The van der Waals surface area contributed by atoms with Gasteiger partial charge in [0.25, 0.3) is 0 Å². The van der Waals surface area contributed by atoms with Gasteiger partial charge >= 0.3 is 5.92 Å². The van der Waals surface area contributed by atoms with Crippen LogP contribution >= 0.6 is 0 Å². The molecule has 3 heterocycles. The quantitative estimate of drug-likeness (QED) is 0.144. The summed E-state index contributed by atoms with van der Waals surface area (Å²) in [4.78, 5) is 13.1. The molecule has 0 bridgehead atoms. The number of alkyl halides is 2. The molecule has 1 aliphatic heterocycles. The van der Waals surface area contributed by atoms with Crippen LogP contribution in [0.25, 0.3) is 22.6 Å². The molecule has 5 nitrogen and oxygen atoms in total. The average Bonchev–Trinajstić information content (AvgIpc) is 3.25. The Kier molecular flexibility index (Phi) is 12.0. The van der Waals surface area contributed by atoms with E-state index in [0.29, 0.717) is 24.5 Å². The fraction of sp³-hybridized carbons (Fsp3) is 0.559. The number of rotatable bonds is 18. The van der Waals surface area contributed by atoms with Crippen molar-refractivity contribution in [3.8, 4) is 28.4 Å². The lowest BCUT2D eigenvalue weighted by Gasteiger charge is -2.17. The highest BCUT2D eigenvalue weighted by Gasteiger charge is 2.52. The Balaban J connectivity index is 1.29. The van der Waals surface area contributed by atoms with E-state index in [0.717, 1.165) is 37.0 Å². The Labute approximate surface area is 244 Å². The molecule has 0 amide bonds. The average molecular weight is 566 g/mol. The molecule has 222 valence electrons. The summed E-state index contributed by atoms with van der Waals surface area (Å²) in [6.45, 7) is 5.74. The minimum atomic E-state index is -3.16. The maximum absolute atomic E-state index is 15.2. The minimum absolute atomic E-state index is 0.137. The highest BCUT2D eigenvalue weighted by molar-refractivity contribution is 5.63. The van der Waals surface area contributed by atoms with Gasteiger partial charge in [0.15, 0.2) is 17.6 Å². The maximum Gasteiger partial charge on any atom is 0.329 e. The third kappa shape index (κ3) is 8.78. The first kappa shape index (κ1) is 31.0. The lowest BCUT2D eigenvalue weighted by Crippen LogP contribution is -2.30. The Morgan fingerprint density at radius 2 is 1.41 bits per heavy atom. The smallest absolute Gasteiger partial charge is 0.329 e. The van der Waals surface area contributed by atoms with Crippen LogP contribution in [0.5, 0.6) is 5.75 Å². The van der Waals surface area contributed by atoms with E-state index < -0.39 is 12.0 Å². The van der Waals surface area contributed by atoms with Crippen LogP contribution in [0.2, 0.25) is 0 Å². The van der Waals surface area contributed by atoms with Gasteiger partial charge in [0.2, 0.25) is 0 Å². The molecule has 41 heavy (non-hydrogen) atoms. The number of ether oxygens (including phenoxy) is 2. The van der Waals surface area contributed by atoms with E-state index in [4.69, 9.17) is 9.47 Å². The molecular formula is C34H45F2N3O2. The van der Waals surface area contributed by atoms with Crippen molar-refractivity contribution in [2.75, 3.05) is 13.2 Å². The molecule has 2 aromatic heterocycles. The molecule has 1 unspecified atom stereocenters. The summed E-state index contributed by atoms with van der Waals surface area (Å²) in [5.41, 5.74) is 3.22. The van der Waals surface area contributed by atoms with Gasteiger partial charge in [0.05, 0.1) is 0 Å². The predicted octanol–water partition coefficient (Wildman–Crippen LogP) is 9.34. The summed E-state index contributed by atoms with van der Waals surface area (Å²) in [6.07, 6.45) is 15.9. The number of halogens is 2. The fourth-order valence-electron chi connectivity index (χ4n) is 5.20. The number of fused-ring (bicyclic) bond motifs is 1. The monoisotopic (exact) mass is 565 g/mol. The molecule has 7 heteroatoms. The Morgan fingerprint density at radius 3 is 2.12 bits per heavy atom. The molecule has 0 spiro atoms. The zero-order chi connectivity index (χ0) is 28.9. The lowest BCUT2D eigenvalue weighted by atomic mass is 10.0. The highest BCUT2D eigenvalue weighted by Crippen LogP contribution is 2.46. The molecule has 0 saturated heterocycles. The van der Waals surface area contributed by atoms with Crippen molar-refractivity contribution in [2.45, 2.75) is 109 Å². The summed E-state index contributed by atoms with van der Waals surface area (Å²) in [5.74, 6) is -2.71. The van der Waals surface area contributed by atoms with Crippen molar-refractivity contribution in [1.82, 2.24) is 15.0 Å². The van der Waals surface area contributed by atoms with Crippen LogP contribution in [0.15, 0.2) is 48.8 Å². The topological polar surface area (TPSA) is 57.1 Å². The van der Waals surface area contributed by atoms with Crippen LogP contribution in [-0.4, -0.2) is 34.3 Å². The molecule has 3 aromatic rings. The SMILES string of the molecule is CCCCCCCc1ccc(-c2cnc(-c3ccc4c(n3)C(F)(F)C(CCCCOCCCCCC)O4)nc2)cc1. The van der Waals surface area contributed by atoms with Crippen molar-refractivity contribution in [3.63, 3.8) is 0 Å². The molecule has 4 rings (SSSR count). The van der Waals surface area contributed by atoms with Crippen LogP contribution in [0.1, 0.15) is 102 Å². The first-order chi connectivity index (χ1) is 20.0. The highest BCUT2D eigenvalue weighted by atomic mass is 19.3. The number of nitrogens with zero attached hydrogens (tertiary/aromatic N) is 3. The van der Waals surface area contributed by atoms with E-state index in [2.05, 4.69) is 53.1 Å². The maximum atomic E-state index is 15.2. The summed E-state index contributed by atoms with van der Waals surface area (Å²) in [7, 11) is 0. The predicted molar refractivity (Wildman–Crippen MR) is 160 cm³/mol. The van der Waals surface area contributed by atoms with Crippen molar-refractivity contribution in [3.05, 3.63) is 60.0 Å². The summed E-state index contributed by atoms with van der Waals surface area (Å²) in [5, 5.41) is 0. The van der Waals surface area contributed by atoms with Gasteiger partial charge in [0, 0.05) is 31.2 Å². The summed E-state index contributed by atoms with van der Waals surface area (Å²) >= 11 is 0. The Morgan fingerprint density at radius 1 is 0.756 bits per heavy atom. The van der Waals surface area contributed by atoms with E-state index >= 15 is 8.78 Å². The number of aromatic nitrogens is 3. The van der Waals surface area contributed by atoms with Crippen molar-refractivity contribution < 1.29 is 18.3 Å². The van der Waals surface area contributed by atoms with E-state index in [9.17, 15) is 0 Å². The fourth-order valence-corrected chi connectivity index (χ4v) is 5.20. The number of hydrogen-bond donors (Lipinski definition) is 0. The molecule has 0 aliphatic carbocycles. The van der Waals surface area contributed by atoms with Crippen molar-refractivity contribution in [2.24, 2.45) is 0 Å². The summed E-state index contributed by atoms with van der Waals surface area (Å²) < 4.78 is 41.7. The molecule has 1 atom stereocenters. The van der Waals surface area contributed by atoms with E-state index in [1.807, 2.05) is 0 Å². The minimum Gasteiger partial charge on any atom is -0.482 e. The molecule has 1 aromatic carbocycles. The lowest BCUT2D eigenvalue weighted by molar-refractivity contribution is -0.0821. The van der Waals surface area contributed by atoms with Crippen molar-refractivity contribution in [1.29, 1.82) is 0 Å². The molecule has 0 radical (unpaired) electrons.